The number of nitrogens with zero attached hydrogens (tertiary/aromatic N) is 1. The highest BCUT2D eigenvalue weighted by Gasteiger charge is 2.29. The van der Waals surface area contributed by atoms with Crippen LogP contribution in [0.5, 0.6) is 11.5 Å². The van der Waals surface area contributed by atoms with E-state index in [-0.39, 0.29) is 12.0 Å². The zero-order chi connectivity index (χ0) is 16.2. The summed E-state index contributed by atoms with van der Waals surface area (Å²) in [4.78, 5) is 14.7. The van der Waals surface area contributed by atoms with Gasteiger partial charge in [0, 0.05) is 6.54 Å². The summed E-state index contributed by atoms with van der Waals surface area (Å²) < 4.78 is 11.1. The third-order valence-corrected chi connectivity index (χ3v) is 4.15. The van der Waals surface area contributed by atoms with Crippen molar-refractivity contribution in [3.05, 3.63) is 59.7 Å². The molecule has 0 unspecified atom stereocenters. The summed E-state index contributed by atoms with van der Waals surface area (Å²) in [5.41, 5.74) is 1.58. The van der Waals surface area contributed by atoms with E-state index in [1.54, 1.807) is 30.2 Å². The molecule has 2 aromatic rings. The Kier molecular flexibility index (Phi) is 4.72. The highest BCUT2D eigenvalue weighted by atomic mass is 35.5. The van der Waals surface area contributed by atoms with Gasteiger partial charge in [0.2, 0.25) is 0 Å². The highest BCUT2D eigenvalue weighted by molar-refractivity contribution is 6.18. The lowest BCUT2D eigenvalue weighted by molar-refractivity contribution is 0.0708. The maximum absolute atomic E-state index is 12.9. The first-order chi connectivity index (χ1) is 11.2. The fraction of sp³-hybridized carbons (Fsp3) is 0.278. The van der Waals surface area contributed by atoms with E-state index in [1.807, 2.05) is 30.3 Å². The van der Waals surface area contributed by atoms with Gasteiger partial charge in [0.05, 0.1) is 25.1 Å². The Bertz CT molecular complexity index is 690. The first-order valence-corrected chi connectivity index (χ1v) is 7.98. The molecule has 0 radical (unpaired) electrons. The molecule has 0 bridgehead atoms. The average Bonchev–Trinajstić information content (AvgIpc) is 2.73. The van der Waals surface area contributed by atoms with Crippen LogP contribution in [-0.2, 0) is 6.54 Å². The second-order valence-corrected chi connectivity index (χ2v) is 5.74. The Morgan fingerprint density at radius 2 is 2.04 bits per heavy atom. The monoisotopic (exact) mass is 331 g/mol. The van der Waals surface area contributed by atoms with Gasteiger partial charge in [-0.05, 0) is 23.8 Å². The van der Waals surface area contributed by atoms with Crippen molar-refractivity contribution in [3.8, 4) is 11.5 Å². The van der Waals surface area contributed by atoms with Crippen LogP contribution in [-0.4, -0.2) is 36.4 Å². The molecule has 0 aliphatic carbocycles. The number of hydrogen-bond donors (Lipinski definition) is 0. The normalized spacial score (nSPS) is 17.2. The molecule has 0 saturated carbocycles. The Labute approximate surface area is 140 Å². The summed E-state index contributed by atoms with van der Waals surface area (Å²) in [7, 11) is 1.58. The van der Waals surface area contributed by atoms with Crippen LogP contribution in [0.2, 0.25) is 0 Å². The van der Waals surface area contributed by atoms with Crippen LogP contribution >= 0.6 is 11.6 Å². The number of halogens is 1. The highest BCUT2D eigenvalue weighted by Crippen LogP contribution is 2.29. The maximum Gasteiger partial charge on any atom is 0.258 e. The SMILES string of the molecule is COc1ccc2c(c1)C(=O)N(Cc1ccccc1)C[C@H](CCl)O2. The second kappa shape index (κ2) is 6.92. The molecular weight excluding hydrogens is 314 g/mol. The molecule has 4 nitrogen and oxygen atoms in total. The smallest absolute Gasteiger partial charge is 0.258 e. The summed E-state index contributed by atoms with van der Waals surface area (Å²) >= 11 is 6.01. The molecule has 0 N–H and O–H groups in total. The van der Waals surface area contributed by atoms with Crippen molar-refractivity contribution in [1.29, 1.82) is 0 Å². The van der Waals surface area contributed by atoms with Gasteiger partial charge in [0.25, 0.3) is 5.91 Å². The van der Waals surface area contributed by atoms with Gasteiger partial charge in [-0.2, -0.15) is 0 Å². The van der Waals surface area contributed by atoms with Crippen LogP contribution < -0.4 is 9.47 Å². The number of carbonyl (C=O) groups excluding carboxylic acids is 1. The summed E-state index contributed by atoms with van der Waals surface area (Å²) in [6, 6.07) is 15.1. The number of amides is 1. The van der Waals surface area contributed by atoms with Crippen molar-refractivity contribution >= 4 is 17.5 Å². The first-order valence-electron chi connectivity index (χ1n) is 7.45. The molecule has 120 valence electrons. The predicted octanol–water partition coefficient (Wildman–Crippen LogP) is 3.34. The van der Waals surface area contributed by atoms with Gasteiger partial charge in [0.1, 0.15) is 17.6 Å². The standard InChI is InChI=1S/C18H18ClNO3/c1-22-14-7-8-17-16(9-14)18(21)20(12-15(10-19)23-17)11-13-5-3-2-4-6-13/h2-9,15H,10-12H2,1H3/t15-/m0/s1. The predicted molar refractivity (Wildman–Crippen MR) is 89.3 cm³/mol. The Hall–Kier alpha value is -2.20. The molecule has 1 aliphatic heterocycles. The van der Waals surface area contributed by atoms with Crippen LogP contribution in [0.1, 0.15) is 15.9 Å². The van der Waals surface area contributed by atoms with Crippen LogP contribution in [0.3, 0.4) is 0 Å². The van der Waals surface area contributed by atoms with Gasteiger partial charge in [-0.15, -0.1) is 11.6 Å². The maximum atomic E-state index is 12.9. The van der Waals surface area contributed by atoms with Gasteiger partial charge < -0.3 is 14.4 Å². The van der Waals surface area contributed by atoms with E-state index in [1.165, 1.54) is 0 Å². The summed E-state index contributed by atoms with van der Waals surface area (Å²) in [5.74, 6) is 1.43. The van der Waals surface area contributed by atoms with E-state index in [2.05, 4.69) is 0 Å². The molecule has 2 aromatic carbocycles. The number of carbonyl (C=O) groups is 1. The lowest BCUT2D eigenvalue weighted by atomic mass is 10.1. The van der Waals surface area contributed by atoms with Gasteiger partial charge in [0.15, 0.2) is 0 Å². The van der Waals surface area contributed by atoms with E-state index >= 15 is 0 Å². The van der Waals surface area contributed by atoms with Crippen LogP contribution in [0.15, 0.2) is 48.5 Å². The second-order valence-electron chi connectivity index (χ2n) is 5.43. The molecule has 0 aromatic heterocycles. The molecular formula is C18H18ClNO3. The minimum absolute atomic E-state index is 0.0737. The van der Waals surface area contributed by atoms with E-state index in [4.69, 9.17) is 21.1 Å². The quantitative estimate of drug-likeness (QED) is 0.807. The number of alkyl halides is 1. The van der Waals surface area contributed by atoms with Gasteiger partial charge in [-0.1, -0.05) is 30.3 Å². The summed E-state index contributed by atoms with van der Waals surface area (Å²) in [6.45, 7) is 0.974. The Morgan fingerprint density at radius 1 is 1.26 bits per heavy atom. The molecule has 1 atom stereocenters. The fourth-order valence-electron chi connectivity index (χ4n) is 2.64. The minimum Gasteiger partial charge on any atom is -0.497 e. The van der Waals surface area contributed by atoms with Gasteiger partial charge >= 0.3 is 0 Å². The molecule has 23 heavy (non-hydrogen) atoms. The third-order valence-electron chi connectivity index (χ3n) is 3.81. The number of rotatable bonds is 4. The van der Waals surface area contributed by atoms with Crippen molar-refractivity contribution in [2.45, 2.75) is 12.6 Å². The van der Waals surface area contributed by atoms with Crippen LogP contribution in [0, 0.1) is 0 Å². The lowest BCUT2D eigenvalue weighted by Gasteiger charge is -2.23. The molecule has 3 rings (SSSR count). The topological polar surface area (TPSA) is 38.8 Å². The Balaban J connectivity index is 1.94. The van der Waals surface area contributed by atoms with Crippen LogP contribution in [0.4, 0.5) is 0 Å². The van der Waals surface area contributed by atoms with Crippen LogP contribution in [0.25, 0.3) is 0 Å². The summed E-state index contributed by atoms with van der Waals surface area (Å²) in [6.07, 6.45) is -0.237. The fourth-order valence-corrected chi connectivity index (χ4v) is 2.80. The largest absolute Gasteiger partial charge is 0.497 e. The van der Waals surface area contributed by atoms with E-state index in [0.29, 0.717) is 36.0 Å². The first kappa shape index (κ1) is 15.7. The molecule has 0 saturated heterocycles. The minimum atomic E-state index is -0.237. The van der Waals surface area contributed by atoms with Gasteiger partial charge in [-0.25, -0.2) is 0 Å². The van der Waals surface area contributed by atoms with E-state index in [0.717, 1.165) is 5.56 Å². The van der Waals surface area contributed by atoms with E-state index in [9.17, 15) is 4.79 Å². The van der Waals surface area contributed by atoms with Crippen molar-refractivity contribution in [2.24, 2.45) is 0 Å². The molecule has 1 heterocycles. The van der Waals surface area contributed by atoms with E-state index < -0.39 is 0 Å². The average molecular weight is 332 g/mol. The number of ether oxygens (including phenoxy) is 2. The number of fused-ring (bicyclic) bond motifs is 1. The van der Waals surface area contributed by atoms with Gasteiger partial charge in [-0.3, -0.25) is 4.79 Å². The number of hydrogen-bond acceptors (Lipinski definition) is 3. The lowest BCUT2D eigenvalue weighted by Crippen LogP contribution is -2.37. The molecule has 0 fully saturated rings. The van der Waals surface area contributed by atoms with Crippen molar-refractivity contribution in [3.63, 3.8) is 0 Å². The van der Waals surface area contributed by atoms with Crippen molar-refractivity contribution in [1.82, 2.24) is 4.90 Å². The molecule has 0 spiro atoms. The molecule has 5 heteroatoms. The Morgan fingerprint density at radius 3 is 2.74 bits per heavy atom. The van der Waals surface area contributed by atoms with Crippen molar-refractivity contribution in [2.75, 3.05) is 19.5 Å². The summed E-state index contributed by atoms with van der Waals surface area (Å²) in [5, 5.41) is 0. The molecule has 1 aliphatic rings. The zero-order valence-corrected chi connectivity index (χ0v) is 13.6. The molecule has 1 amide bonds. The van der Waals surface area contributed by atoms with Crippen molar-refractivity contribution < 1.29 is 14.3 Å². The number of benzene rings is 2. The third kappa shape index (κ3) is 3.42. The zero-order valence-electron chi connectivity index (χ0n) is 12.9. The number of methoxy groups -OCH3 is 1.